The first kappa shape index (κ1) is 12.6. The number of carboxylic acid groups (broad SMARTS) is 1. The second-order valence-electron chi connectivity index (χ2n) is 3.52. The van der Waals surface area contributed by atoms with Gasteiger partial charge in [-0.05, 0) is 24.6 Å². The molecule has 1 aromatic rings. The Morgan fingerprint density at radius 3 is 2.59 bits per heavy atom. The summed E-state index contributed by atoms with van der Waals surface area (Å²) in [7, 11) is 0. The summed E-state index contributed by atoms with van der Waals surface area (Å²) < 4.78 is 0. The van der Waals surface area contributed by atoms with E-state index in [1.54, 1.807) is 13.0 Å². The van der Waals surface area contributed by atoms with Gasteiger partial charge in [0.25, 0.3) is 0 Å². The van der Waals surface area contributed by atoms with E-state index >= 15 is 0 Å². The van der Waals surface area contributed by atoms with E-state index in [4.69, 9.17) is 16.6 Å². The van der Waals surface area contributed by atoms with Gasteiger partial charge in [-0.1, -0.05) is 11.8 Å². The molecule has 0 unspecified atom stereocenters. The van der Waals surface area contributed by atoms with Crippen LogP contribution in [0.1, 0.15) is 27.9 Å². The van der Waals surface area contributed by atoms with Gasteiger partial charge in [-0.3, -0.25) is 4.79 Å². The van der Waals surface area contributed by atoms with Gasteiger partial charge in [-0.2, -0.15) is 0 Å². The van der Waals surface area contributed by atoms with E-state index < -0.39 is 11.9 Å². The number of carbonyl (C=O) groups is 2. The summed E-state index contributed by atoms with van der Waals surface area (Å²) in [5.41, 5.74) is 11.8. The predicted molar refractivity (Wildman–Crippen MR) is 63.2 cm³/mol. The van der Waals surface area contributed by atoms with Crippen molar-refractivity contribution in [3.63, 3.8) is 0 Å². The maximum absolute atomic E-state index is 10.9. The maximum atomic E-state index is 10.9. The van der Waals surface area contributed by atoms with E-state index in [1.807, 2.05) is 0 Å². The average molecular weight is 232 g/mol. The molecule has 0 aliphatic carbocycles. The molecule has 5 N–H and O–H groups in total. The van der Waals surface area contributed by atoms with Crippen LogP contribution in [0.25, 0.3) is 0 Å². The van der Waals surface area contributed by atoms with E-state index in [0.29, 0.717) is 5.56 Å². The normalized spacial score (nSPS) is 9.24. The molecule has 0 spiro atoms. The van der Waals surface area contributed by atoms with Gasteiger partial charge in [0.2, 0.25) is 5.91 Å². The van der Waals surface area contributed by atoms with Gasteiger partial charge in [0, 0.05) is 5.56 Å². The Hall–Kier alpha value is -2.48. The highest BCUT2D eigenvalue weighted by Crippen LogP contribution is 2.19. The van der Waals surface area contributed by atoms with E-state index in [9.17, 15) is 9.59 Å². The number of anilines is 1. The zero-order valence-electron chi connectivity index (χ0n) is 9.28. The molecule has 0 heterocycles. The smallest absolute Gasteiger partial charge is 0.337 e. The lowest BCUT2D eigenvalue weighted by Gasteiger charge is -2.05. The fraction of sp³-hybridized carbons (Fsp3) is 0.167. The minimum absolute atomic E-state index is 0.00775. The minimum Gasteiger partial charge on any atom is -0.478 e. The van der Waals surface area contributed by atoms with Gasteiger partial charge < -0.3 is 16.6 Å². The minimum atomic E-state index is -1.11. The van der Waals surface area contributed by atoms with Crippen molar-refractivity contribution < 1.29 is 14.7 Å². The summed E-state index contributed by atoms with van der Waals surface area (Å²) in [6, 6.07) is 3.13. The molecule has 1 rings (SSSR count). The molecule has 0 atom stereocenters. The first-order chi connectivity index (χ1) is 7.91. The van der Waals surface area contributed by atoms with E-state index in [1.165, 1.54) is 6.07 Å². The zero-order valence-corrected chi connectivity index (χ0v) is 9.28. The third-order valence-corrected chi connectivity index (χ3v) is 2.04. The molecule has 5 nitrogen and oxygen atoms in total. The molecule has 1 aromatic carbocycles. The highest BCUT2D eigenvalue weighted by Gasteiger charge is 2.11. The highest BCUT2D eigenvalue weighted by molar-refractivity contribution is 5.95. The zero-order chi connectivity index (χ0) is 13.0. The van der Waals surface area contributed by atoms with Crippen LogP contribution in [-0.2, 0) is 4.79 Å². The molecule has 0 aliphatic rings. The Labute approximate surface area is 98.4 Å². The average Bonchev–Trinajstić information content (AvgIpc) is 2.21. The molecular weight excluding hydrogens is 220 g/mol. The van der Waals surface area contributed by atoms with Gasteiger partial charge >= 0.3 is 5.97 Å². The molecule has 0 saturated carbocycles. The van der Waals surface area contributed by atoms with Crippen LogP contribution in [0.15, 0.2) is 12.1 Å². The van der Waals surface area contributed by atoms with Crippen LogP contribution >= 0.6 is 0 Å². The molecule has 0 aromatic heterocycles. The SMILES string of the molecule is Cc1cc(C#CCC(N)=O)c(N)c(C(=O)O)c1. The van der Waals surface area contributed by atoms with E-state index in [0.717, 1.165) is 5.56 Å². The number of aryl methyl sites for hydroxylation is 1. The summed E-state index contributed by atoms with van der Waals surface area (Å²) in [4.78, 5) is 21.4. The van der Waals surface area contributed by atoms with Crippen molar-refractivity contribution >= 4 is 17.6 Å². The first-order valence-corrected chi connectivity index (χ1v) is 4.82. The first-order valence-electron chi connectivity index (χ1n) is 4.82. The van der Waals surface area contributed by atoms with Crippen LogP contribution in [-0.4, -0.2) is 17.0 Å². The Morgan fingerprint density at radius 1 is 1.41 bits per heavy atom. The Balaban J connectivity index is 3.19. The fourth-order valence-electron chi connectivity index (χ4n) is 1.30. The second-order valence-corrected chi connectivity index (χ2v) is 3.52. The topological polar surface area (TPSA) is 106 Å². The molecular formula is C12H12N2O3. The van der Waals surface area contributed by atoms with Crippen molar-refractivity contribution in [1.82, 2.24) is 0 Å². The van der Waals surface area contributed by atoms with Gasteiger partial charge in [-0.15, -0.1) is 0 Å². The number of carbonyl (C=O) groups excluding carboxylic acids is 1. The third-order valence-electron chi connectivity index (χ3n) is 2.04. The number of hydrogen-bond donors (Lipinski definition) is 3. The Bertz CT molecular complexity index is 539. The van der Waals surface area contributed by atoms with E-state index in [2.05, 4.69) is 11.8 Å². The number of benzene rings is 1. The Kier molecular flexibility index (Phi) is 3.73. The van der Waals surface area contributed by atoms with Gasteiger partial charge in [0.15, 0.2) is 0 Å². The van der Waals surface area contributed by atoms with Crippen molar-refractivity contribution in [3.05, 3.63) is 28.8 Å². The molecule has 0 bridgehead atoms. The summed E-state index contributed by atoms with van der Waals surface area (Å²) in [6.45, 7) is 1.74. The van der Waals surface area contributed by atoms with Crippen molar-refractivity contribution in [3.8, 4) is 11.8 Å². The number of amides is 1. The van der Waals surface area contributed by atoms with Crippen LogP contribution in [0.3, 0.4) is 0 Å². The lowest BCUT2D eigenvalue weighted by Crippen LogP contribution is -2.08. The van der Waals surface area contributed by atoms with Crippen LogP contribution in [0.4, 0.5) is 5.69 Å². The van der Waals surface area contributed by atoms with Gasteiger partial charge in [0.1, 0.15) is 0 Å². The number of carboxylic acids is 1. The van der Waals surface area contributed by atoms with Gasteiger partial charge in [0.05, 0.1) is 17.7 Å². The number of nitrogen functional groups attached to an aromatic ring is 1. The van der Waals surface area contributed by atoms with Crippen molar-refractivity contribution in [2.45, 2.75) is 13.3 Å². The Morgan fingerprint density at radius 2 is 2.06 bits per heavy atom. The van der Waals surface area contributed by atoms with Crippen molar-refractivity contribution in [1.29, 1.82) is 0 Å². The van der Waals surface area contributed by atoms with Crippen molar-refractivity contribution in [2.75, 3.05) is 5.73 Å². The monoisotopic (exact) mass is 232 g/mol. The summed E-state index contributed by atoms with van der Waals surface area (Å²) in [5, 5.41) is 8.93. The highest BCUT2D eigenvalue weighted by atomic mass is 16.4. The molecule has 5 heteroatoms. The van der Waals surface area contributed by atoms with Crippen LogP contribution in [0.5, 0.6) is 0 Å². The quantitative estimate of drug-likeness (QED) is 0.510. The summed E-state index contributed by atoms with van der Waals surface area (Å²) >= 11 is 0. The molecule has 88 valence electrons. The van der Waals surface area contributed by atoms with E-state index in [-0.39, 0.29) is 17.7 Å². The van der Waals surface area contributed by atoms with Gasteiger partial charge in [-0.25, -0.2) is 4.79 Å². The van der Waals surface area contributed by atoms with Crippen LogP contribution < -0.4 is 11.5 Å². The molecule has 0 radical (unpaired) electrons. The fourth-order valence-corrected chi connectivity index (χ4v) is 1.30. The molecule has 17 heavy (non-hydrogen) atoms. The maximum Gasteiger partial charge on any atom is 0.337 e. The van der Waals surface area contributed by atoms with Crippen LogP contribution in [0, 0.1) is 18.8 Å². The number of aromatic carboxylic acids is 1. The summed E-state index contributed by atoms with van der Waals surface area (Å²) in [6.07, 6.45) is -0.0875. The predicted octanol–water partition coefficient (Wildman–Crippen LogP) is 0.502. The number of primary amides is 1. The number of nitrogens with two attached hydrogens (primary N) is 2. The molecule has 0 fully saturated rings. The van der Waals surface area contributed by atoms with Crippen molar-refractivity contribution in [2.24, 2.45) is 5.73 Å². The molecule has 1 amide bonds. The largest absolute Gasteiger partial charge is 0.478 e. The number of hydrogen-bond acceptors (Lipinski definition) is 3. The standard InChI is InChI=1S/C12H12N2O3/c1-7-5-8(3-2-4-10(13)15)11(14)9(6-7)12(16)17/h5-6H,4,14H2,1H3,(H2,13,15)(H,16,17). The second kappa shape index (κ2) is 5.03. The number of rotatable bonds is 2. The van der Waals surface area contributed by atoms with Crippen LogP contribution in [0.2, 0.25) is 0 Å². The lowest BCUT2D eigenvalue weighted by atomic mass is 10.0. The molecule has 0 saturated heterocycles. The third kappa shape index (κ3) is 3.24. The summed E-state index contributed by atoms with van der Waals surface area (Å²) in [5.74, 6) is 3.53. The lowest BCUT2D eigenvalue weighted by molar-refractivity contribution is -0.117. The molecule has 0 aliphatic heterocycles.